The fraction of sp³-hybridized carbons (Fsp3) is 0.0714. The summed E-state index contributed by atoms with van der Waals surface area (Å²) in [7, 11) is 1.56. The highest BCUT2D eigenvalue weighted by Gasteiger charge is 2.12. The minimum Gasteiger partial charge on any atom is -0.496 e. The van der Waals surface area contributed by atoms with E-state index in [4.69, 9.17) is 28.6 Å². The van der Waals surface area contributed by atoms with Crippen LogP contribution in [-0.2, 0) is 0 Å². The molecule has 108 valence electrons. The van der Waals surface area contributed by atoms with Crippen molar-refractivity contribution in [2.24, 2.45) is 0 Å². The zero-order chi connectivity index (χ0) is 15.4. The largest absolute Gasteiger partial charge is 0.496 e. The van der Waals surface area contributed by atoms with E-state index in [1.807, 2.05) is 18.2 Å². The number of ether oxygens (including phenoxy) is 1. The molecule has 7 heteroatoms. The predicted molar refractivity (Wildman–Crippen MR) is 86.4 cm³/mol. The highest BCUT2D eigenvalue weighted by Crippen LogP contribution is 2.28. The number of methoxy groups -OCH3 is 1. The second-order valence-corrected chi connectivity index (χ2v) is 4.89. The molecule has 0 aliphatic rings. The van der Waals surface area contributed by atoms with Crippen molar-refractivity contribution >= 4 is 40.2 Å². The Balaban J connectivity index is 2.26. The first-order valence-corrected chi connectivity index (χ1v) is 6.70. The van der Waals surface area contributed by atoms with Crippen LogP contribution in [-0.4, -0.2) is 17.0 Å². The lowest BCUT2D eigenvalue weighted by Crippen LogP contribution is -2.12. The summed E-state index contributed by atoms with van der Waals surface area (Å²) in [4.78, 5) is 10.6. The standard InChI is InChI=1S/C14H11ClN2O3S/c1-20-13-5-3-2-4-10(13)14(21)16-12-7-6-9(17(18)19)8-11(12)15/h2-8H,1H3,(H,16,21). The van der Waals surface area contributed by atoms with Crippen LogP contribution in [0.1, 0.15) is 5.56 Å². The van der Waals surface area contributed by atoms with Crippen molar-refractivity contribution < 1.29 is 9.66 Å². The summed E-state index contributed by atoms with van der Waals surface area (Å²) in [5.41, 5.74) is 1.14. The van der Waals surface area contributed by atoms with Gasteiger partial charge in [0.25, 0.3) is 5.69 Å². The van der Waals surface area contributed by atoms with Crippen LogP contribution in [0.3, 0.4) is 0 Å². The fourth-order valence-electron chi connectivity index (χ4n) is 1.74. The van der Waals surface area contributed by atoms with Gasteiger partial charge in [0.05, 0.1) is 28.3 Å². The number of anilines is 1. The number of hydrogen-bond acceptors (Lipinski definition) is 4. The molecule has 0 aliphatic heterocycles. The third-order valence-corrected chi connectivity index (χ3v) is 3.40. The van der Waals surface area contributed by atoms with Gasteiger partial charge in [-0.15, -0.1) is 0 Å². The third kappa shape index (κ3) is 3.48. The van der Waals surface area contributed by atoms with E-state index >= 15 is 0 Å². The molecule has 0 amide bonds. The molecule has 0 unspecified atom stereocenters. The normalized spacial score (nSPS) is 10.0. The number of nitro groups is 1. The zero-order valence-electron chi connectivity index (χ0n) is 11.0. The van der Waals surface area contributed by atoms with Gasteiger partial charge in [-0.05, 0) is 18.2 Å². The van der Waals surface area contributed by atoms with Crippen molar-refractivity contribution in [2.45, 2.75) is 0 Å². The van der Waals surface area contributed by atoms with Gasteiger partial charge in [0.1, 0.15) is 10.7 Å². The Morgan fingerprint density at radius 3 is 2.67 bits per heavy atom. The van der Waals surface area contributed by atoms with E-state index in [2.05, 4.69) is 5.32 Å². The number of thiocarbonyl (C=S) groups is 1. The Hall–Kier alpha value is -2.18. The first kappa shape index (κ1) is 15.2. The van der Waals surface area contributed by atoms with E-state index in [0.29, 0.717) is 22.0 Å². The number of hydrogen-bond donors (Lipinski definition) is 1. The van der Waals surface area contributed by atoms with E-state index in [1.165, 1.54) is 18.2 Å². The van der Waals surface area contributed by atoms with Gasteiger partial charge in [0.15, 0.2) is 0 Å². The van der Waals surface area contributed by atoms with Crippen LogP contribution in [0.25, 0.3) is 0 Å². The lowest BCUT2D eigenvalue weighted by molar-refractivity contribution is -0.384. The Morgan fingerprint density at radius 1 is 1.33 bits per heavy atom. The molecule has 21 heavy (non-hydrogen) atoms. The van der Waals surface area contributed by atoms with Crippen molar-refractivity contribution in [3.05, 3.63) is 63.2 Å². The van der Waals surface area contributed by atoms with Crippen LogP contribution in [0, 0.1) is 10.1 Å². The molecular formula is C14H11ClN2O3S. The fourth-order valence-corrected chi connectivity index (χ4v) is 2.24. The summed E-state index contributed by atoms with van der Waals surface area (Å²) < 4.78 is 5.24. The maximum Gasteiger partial charge on any atom is 0.271 e. The smallest absolute Gasteiger partial charge is 0.271 e. The van der Waals surface area contributed by atoms with Crippen LogP contribution >= 0.6 is 23.8 Å². The molecule has 0 heterocycles. The Morgan fingerprint density at radius 2 is 2.05 bits per heavy atom. The van der Waals surface area contributed by atoms with Crippen molar-refractivity contribution in [3.8, 4) is 5.75 Å². The summed E-state index contributed by atoms with van der Waals surface area (Å²) in [6, 6.07) is 11.4. The molecule has 1 N–H and O–H groups in total. The molecule has 0 fully saturated rings. The maximum absolute atomic E-state index is 10.7. The van der Waals surface area contributed by atoms with E-state index in [0.717, 1.165) is 0 Å². The first-order chi connectivity index (χ1) is 10.0. The summed E-state index contributed by atoms with van der Waals surface area (Å²) >= 11 is 11.3. The van der Waals surface area contributed by atoms with Gasteiger partial charge in [0.2, 0.25) is 0 Å². The number of para-hydroxylation sites is 1. The van der Waals surface area contributed by atoms with Gasteiger partial charge < -0.3 is 10.1 Å². The predicted octanol–water partition coefficient (Wildman–Crippen LogP) is 4.04. The number of benzene rings is 2. The topological polar surface area (TPSA) is 64.4 Å². The molecule has 0 aromatic heterocycles. The molecule has 0 atom stereocenters. The molecule has 2 aromatic carbocycles. The van der Waals surface area contributed by atoms with Gasteiger partial charge in [-0.1, -0.05) is 36.0 Å². The minimum atomic E-state index is -0.506. The van der Waals surface area contributed by atoms with Crippen LogP contribution in [0.15, 0.2) is 42.5 Å². The molecule has 0 aliphatic carbocycles. The lowest BCUT2D eigenvalue weighted by Gasteiger charge is -2.12. The van der Waals surface area contributed by atoms with Gasteiger partial charge >= 0.3 is 0 Å². The average molecular weight is 323 g/mol. The summed E-state index contributed by atoms with van der Waals surface area (Å²) in [5, 5.41) is 13.9. The monoisotopic (exact) mass is 322 g/mol. The summed E-state index contributed by atoms with van der Waals surface area (Å²) in [6.45, 7) is 0. The van der Waals surface area contributed by atoms with Crippen molar-refractivity contribution in [2.75, 3.05) is 12.4 Å². The highest BCUT2D eigenvalue weighted by atomic mass is 35.5. The van der Waals surface area contributed by atoms with Crippen molar-refractivity contribution in [1.29, 1.82) is 0 Å². The zero-order valence-corrected chi connectivity index (χ0v) is 12.6. The quantitative estimate of drug-likeness (QED) is 0.523. The molecule has 0 saturated heterocycles. The van der Waals surface area contributed by atoms with Crippen LogP contribution in [0.2, 0.25) is 5.02 Å². The van der Waals surface area contributed by atoms with Crippen molar-refractivity contribution in [3.63, 3.8) is 0 Å². The Kier molecular flexibility index (Phi) is 4.72. The molecule has 0 radical (unpaired) electrons. The van der Waals surface area contributed by atoms with E-state index < -0.39 is 4.92 Å². The summed E-state index contributed by atoms with van der Waals surface area (Å²) in [5.74, 6) is 0.632. The number of nitrogens with zero attached hydrogens (tertiary/aromatic N) is 1. The number of non-ortho nitro benzene ring substituents is 1. The lowest BCUT2D eigenvalue weighted by atomic mass is 10.2. The third-order valence-electron chi connectivity index (χ3n) is 2.76. The number of nitrogens with one attached hydrogen (secondary N) is 1. The van der Waals surface area contributed by atoms with Crippen molar-refractivity contribution in [1.82, 2.24) is 0 Å². The number of nitro benzene ring substituents is 1. The second kappa shape index (κ2) is 6.51. The van der Waals surface area contributed by atoms with Crippen LogP contribution < -0.4 is 10.1 Å². The van der Waals surface area contributed by atoms with E-state index in [1.54, 1.807) is 13.2 Å². The van der Waals surface area contributed by atoms with Gasteiger partial charge in [-0.3, -0.25) is 10.1 Å². The highest BCUT2D eigenvalue weighted by molar-refractivity contribution is 7.81. The van der Waals surface area contributed by atoms with Gasteiger partial charge in [-0.2, -0.15) is 0 Å². The van der Waals surface area contributed by atoms with E-state index in [-0.39, 0.29) is 10.7 Å². The Bertz CT molecular complexity index is 706. The minimum absolute atomic E-state index is 0.0752. The molecule has 0 bridgehead atoms. The Labute approximate surface area is 131 Å². The van der Waals surface area contributed by atoms with Crippen LogP contribution in [0.5, 0.6) is 5.75 Å². The van der Waals surface area contributed by atoms with Gasteiger partial charge in [0, 0.05) is 12.1 Å². The summed E-state index contributed by atoms with van der Waals surface area (Å²) in [6.07, 6.45) is 0. The number of rotatable bonds is 4. The molecule has 0 saturated carbocycles. The molecule has 2 aromatic rings. The molecule has 5 nitrogen and oxygen atoms in total. The van der Waals surface area contributed by atoms with Gasteiger partial charge in [-0.25, -0.2) is 0 Å². The second-order valence-electron chi connectivity index (χ2n) is 4.08. The molecular weight excluding hydrogens is 312 g/mol. The van der Waals surface area contributed by atoms with Crippen LogP contribution in [0.4, 0.5) is 11.4 Å². The first-order valence-electron chi connectivity index (χ1n) is 5.91. The molecule has 2 rings (SSSR count). The van der Waals surface area contributed by atoms with E-state index in [9.17, 15) is 10.1 Å². The SMILES string of the molecule is COc1ccccc1C(=S)Nc1ccc([N+](=O)[O-])cc1Cl. The number of halogens is 1. The maximum atomic E-state index is 10.7. The average Bonchev–Trinajstić information content (AvgIpc) is 2.48. The molecule has 0 spiro atoms.